The summed E-state index contributed by atoms with van der Waals surface area (Å²) < 4.78 is 68.8. The highest BCUT2D eigenvalue weighted by molar-refractivity contribution is 5.73. The van der Waals surface area contributed by atoms with Crippen LogP contribution in [0.5, 0.6) is 5.88 Å². The monoisotopic (exact) mass is 555 g/mol. The molecule has 0 aliphatic carbocycles. The fourth-order valence-electron chi connectivity index (χ4n) is 3.10. The number of aromatic nitrogens is 3. The number of aliphatic carboxylic acids is 2. The van der Waals surface area contributed by atoms with E-state index in [9.17, 15) is 26.3 Å². The zero-order valence-corrected chi connectivity index (χ0v) is 20.6. The van der Waals surface area contributed by atoms with Gasteiger partial charge in [0.15, 0.2) is 0 Å². The number of hydrogen-bond acceptors (Lipinski definition) is 8. The van der Waals surface area contributed by atoms with Crippen LogP contribution in [-0.4, -0.2) is 80.6 Å². The Kier molecular flexibility index (Phi) is 12.2. The fourth-order valence-corrected chi connectivity index (χ4v) is 3.10. The first-order chi connectivity index (χ1) is 17.6. The highest BCUT2D eigenvalue weighted by atomic mass is 19.4. The normalized spacial score (nSPS) is 13.6. The highest BCUT2D eigenvalue weighted by Gasteiger charge is 2.38. The molecule has 1 aliphatic rings. The number of carbonyl (C=O) groups is 2. The molecule has 3 rings (SSSR count). The van der Waals surface area contributed by atoms with Gasteiger partial charge in [0.25, 0.3) is 0 Å². The predicted octanol–water partition coefficient (Wildman–Crippen LogP) is 3.57. The van der Waals surface area contributed by atoms with Gasteiger partial charge in [0.2, 0.25) is 5.88 Å². The molecule has 0 saturated carbocycles. The van der Waals surface area contributed by atoms with Gasteiger partial charge < -0.3 is 20.3 Å². The van der Waals surface area contributed by atoms with E-state index >= 15 is 0 Å². The number of halogens is 6. The van der Waals surface area contributed by atoms with Crippen molar-refractivity contribution in [2.75, 3.05) is 25.5 Å². The maximum absolute atomic E-state index is 10.6. The molecule has 38 heavy (non-hydrogen) atoms. The molecule has 0 fully saturated rings. The number of hydrogen-bond donors (Lipinski definition) is 3. The van der Waals surface area contributed by atoms with Gasteiger partial charge in [-0.1, -0.05) is 6.07 Å². The summed E-state index contributed by atoms with van der Waals surface area (Å²) in [6.45, 7) is 7.05. The van der Waals surface area contributed by atoms with Crippen LogP contribution < -0.4 is 10.1 Å². The summed E-state index contributed by atoms with van der Waals surface area (Å²) in [6, 6.07) is 4.40. The highest BCUT2D eigenvalue weighted by Crippen LogP contribution is 2.23. The van der Waals surface area contributed by atoms with Crippen LogP contribution in [0.3, 0.4) is 0 Å². The average molecular weight is 555 g/mol. The number of pyridine rings is 1. The third kappa shape index (κ3) is 11.1. The van der Waals surface area contributed by atoms with Gasteiger partial charge in [-0.05, 0) is 26.3 Å². The first kappa shape index (κ1) is 32.3. The summed E-state index contributed by atoms with van der Waals surface area (Å²) in [5.41, 5.74) is 3.54. The van der Waals surface area contributed by atoms with Crippen molar-refractivity contribution >= 4 is 17.8 Å². The number of fused-ring (bicyclic) bond motifs is 1. The van der Waals surface area contributed by atoms with Gasteiger partial charge in [0.05, 0.1) is 12.8 Å². The minimum Gasteiger partial charge on any atom is -0.481 e. The van der Waals surface area contributed by atoms with E-state index in [1.165, 1.54) is 5.56 Å². The first-order valence-electron chi connectivity index (χ1n) is 11.0. The van der Waals surface area contributed by atoms with Crippen LogP contribution >= 0.6 is 0 Å². The molecule has 0 bridgehead atoms. The molecule has 2 aromatic heterocycles. The second-order valence-corrected chi connectivity index (χ2v) is 8.00. The topological polar surface area (TPSA) is 138 Å². The van der Waals surface area contributed by atoms with E-state index < -0.39 is 24.3 Å². The Hall–Kier alpha value is -3.69. The predicted molar refractivity (Wildman–Crippen MR) is 122 cm³/mol. The van der Waals surface area contributed by atoms with Gasteiger partial charge >= 0.3 is 24.3 Å². The second-order valence-electron chi connectivity index (χ2n) is 8.00. The molecule has 16 heteroatoms. The van der Waals surface area contributed by atoms with Gasteiger partial charge in [-0.25, -0.2) is 24.5 Å². The summed E-state index contributed by atoms with van der Waals surface area (Å²) in [5, 5.41) is 17.7. The molecule has 0 saturated heterocycles. The molecule has 10 nitrogen and oxygen atoms in total. The molecule has 0 aromatic carbocycles. The van der Waals surface area contributed by atoms with E-state index in [1.807, 2.05) is 6.07 Å². The lowest BCUT2D eigenvalue weighted by atomic mass is 10.1. The Morgan fingerprint density at radius 2 is 1.58 bits per heavy atom. The fraction of sp³-hybridized carbons (Fsp3) is 0.500. The van der Waals surface area contributed by atoms with Crippen LogP contribution in [0, 0.1) is 0 Å². The molecule has 0 radical (unpaired) electrons. The van der Waals surface area contributed by atoms with Crippen LogP contribution in [-0.2, 0) is 29.0 Å². The Morgan fingerprint density at radius 1 is 1.03 bits per heavy atom. The molecule has 3 heterocycles. The maximum Gasteiger partial charge on any atom is 0.490 e. The van der Waals surface area contributed by atoms with E-state index in [0.29, 0.717) is 11.9 Å². The largest absolute Gasteiger partial charge is 0.490 e. The van der Waals surface area contributed by atoms with E-state index in [2.05, 4.69) is 45.1 Å². The molecule has 2 aromatic rings. The molecule has 3 N–H and O–H groups in total. The number of nitrogens with zero attached hydrogens (tertiary/aromatic N) is 4. The zero-order chi connectivity index (χ0) is 29.1. The Balaban J connectivity index is 0.000000426. The van der Waals surface area contributed by atoms with Crippen molar-refractivity contribution in [3.8, 4) is 5.88 Å². The summed E-state index contributed by atoms with van der Waals surface area (Å²) in [6.07, 6.45) is -4.84. The summed E-state index contributed by atoms with van der Waals surface area (Å²) in [7, 11) is 1.67. The van der Waals surface area contributed by atoms with Gasteiger partial charge in [-0.15, -0.1) is 0 Å². The van der Waals surface area contributed by atoms with Crippen molar-refractivity contribution in [3.05, 3.63) is 41.5 Å². The summed E-state index contributed by atoms with van der Waals surface area (Å²) in [4.78, 5) is 33.5. The van der Waals surface area contributed by atoms with Crippen molar-refractivity contribution in [1.82, 2.24) is 19.9 Å². The minimum atomic E-state index is -5.08. The number of rotatable bonds is 5. The lowest BCUT2D eigenvalue weighted by molar-refractivity contribution is -0.193. The number of alkyl halides is 6. The quantitative estimate of drug-likeness (QED) is 0.470. The number of carboxylic acids is 2. The van der Waals surface area contributed by atoms with Gasteiger partial charge in [0.1, 0.15) is 12.1 Å². The van der Waals surface area contributed by atoms with E-state index in [1.54, 1.807) is 19.6 Å². The Bertz CT molecular complexity index is 1040. The van der Waals surface area contributed by atoms with Crippen LogP contribution in [0.25, 0.3) is 0 Å². The number of anilines is 1. The lowest BCUT2D eigenvalue weighted by Gasteiger charge is -2.20. The molecule has 0 spiro atoms. The molecular weight excluding hydrogens is 528 g/mol. The maximum atomic E-state index is 10.6. The Morgan fingerprint density at radius 3 is 2.08 bits per heavy atom. The van der Waals surface area contributed by atoms with Gasteiger partial charge in [-0.2, -0.15) is 26.3 Å². The second kappa shape index (κ2) is 14.3. The van der Waals surface area contributed by atoms with E-state index in [-0.39, 0.29) is 0 Å². The SMILES string of the molecule is COc1ncccc1CN1CCc2ncnc(NC(C)C)c2CC1.O=C(O)C(F)(F)F.O=C(O)C(F)(F)F. The average Bonchev–Trinajstić information content (AvgIpc) is 3.02. The molecule has 1 aliphatic heterocycles. The van der Waals surface area contributed by atoms with Gasteiger partial charge in [-0.3, -0.25) is 4.90 Å². The van der Waals surface area contributed by atoms with Crippen molar-refractivity contribution in [1.29, 1.82) is 0 Å². The third-order valence-electron chi connectivity index (χ3n) is 4.73. The standard InChI is InChI=1S/C18H25N5O.2C2HF3O2/c1-13(2)22-17-15-6-9-23(10-7-16(15)20-12-21-17)11-14-5-4-8-19-18(14)24-3;2*3-2(4,5)1(6)7/h4-5,8,12-13H,6-7,9-11H2,1-3H3,(H,20,21,22);2*(H,6,7). The summed E-state index contributed by atoms with van der Waals surface area (Å²) >= 11 is 0. The molecular formula is C22H27F6N5O5. The number of nitrogens with one attached hydrogen (secondary N) is 1. The Labute approximate surface area is 213 Å². The van der Waals surface area contributed by atoms with Crippen molar-refractivity contribution in [2.45, 2.75) is 51.6 Å². The smallest absolute Gasteiger partial charge is 0.481 e. The number of methoxy groups -OCH3 is 1. The minimum absolute atomic E-state index is 0.364. The zero-order valence-electron chi connectivity index (χ0n) is 20.6. The van der Waals surface area contributed by atoms with Crippen molar-refractivity contribution in [3.63, 3.8) is 0 Å². The molecule has 0 unspecified atom stereocenters. The van der Waals surface area contributed by atoms with E-state index in [0.717, 1.165) is 49.6 Å². The van der Waals surface area contributed by atoms with Crippen molar-refractivity contribution < 1.29 is 50.9 Å². The first-order valence-corrected chi connectivity index (χ1v) is 11.0. The van der Waals surface area contributed by atoms with Crippen LogP contribution in [0.2, 0.25) is 0 Å². The van der Waals surface area contributed by atoms with Crippen LogP contribution in [0.1, 0.15) is 30.7 Å². The third-order valence-corrected chi connectivity index (χ3v) is 4.73. The number of carboxylic acid groups (broad SMARTS) is 2. The summed E-state index contributed by atoms with van der Waals surface area (Å²) in [5.74, 6) is -3.82. The van der Waals surface area contributed by atoms with Crippen LogP contribution in [0.4, 0.5) is 32.2 Å². The van der Waals surface area contributed by atoms with Crippen molar-refractivity contribution in [2.24, 2.45) is 0 Å². The molecule has 0 atom stereocenters. The molecule has 0 amide bonds. The van der Waals surface area contributed by atoms with Gasteiger partial charge in [0, 0.05) is 49.4 Å². The lowest BCUT2D eigenvalue weighted by Crippen LogP contribution is -2.26. The van der Waals surface area contributed by atoms with Crippen LogP contribution in [0.15, 0.2) is 24.7 Å². The number of ether oxygens (including phenoxy) is 1. The van der Waals surface area contributed by atoms with E-state index in [4.69, 9.17) is 24.5 Å². The molecule has 212 valence electrons.